The lowest BCUT2D eigenvalue weighted by molar-refractivity contribution is 0.543. The number of aliphatic imine (C=N–C) groups is 2. The molecule has 0 bridgehead atoms. The Kier molecular flexibility index (Phi) is 3.67. The van der Waals surface area contributed by atoms with E-state index >= 15 is 0 Å². The molecule has 0 spiro atoms. The number of benzene rings is 1. The van der Waals surface area contributed by atoms with Crippen molar-refractivity contribution in [1.82, 2.24) is 0 Å². The number of rotatable bonds is 3. The maximum absolute atomic E-state index is 10.5. The van der Waals surface area contributed by atoms with Crippen LogP contribution in [0.4, 0.5) is 0 Å². The number of isocyanates is 2. The number of hydrogen-bond donors (Lipinski definition) is 0. The quantitative estimate of drug-likeness (QED) is 0.471. The van der Waals surface area contributed by atoms with Crippen molar-refractivity contribution < 1.29 is 9.59 Å². The van der Waals surface area contributed by atoms with E-state index in [4.69, 9.17) is 0 Å². The van der Waals surface area contributed by atoms with E-state index in [-0.39, 0.29) is 5.92 Å². The molecule has 0 N–H and O–H groups in total. The Morgan fingerprint density at radius 2 is 1.74 bits per heavy atom. The van der Waals surface area contributed by atoms with Gasteiger partial charge in [0.2, 0.25) is 17.8 Å². The van der Waals surface area contributed by atoms with Gasteiger partial charge in [-0.3, -0.25) is 0 Å². The standard InChI is InChI=1S/C15H12N2O2/c1-12-9-15(16-10-18,17-11-19)8-7-14(12)13-5-3-2-4-6-13/h2-9,14H,1H3. The van der Waals surface area contributed by atoms with Crippen molar-refractivity contribution in [3.8, 4) is 0 Å². The zero-order chi connectivity index (χ0) is 13.7. The normalized spacial score (nSPS) is 24.9. The van der Waals surface area contributed by atoms with Gasteiger partial charge in [-0.1, -0.05) is 42.0 Å². The van der Waals surface area contributed by atoms with Gasteiger partial charge in [-0.25, -0.2) is 9.59 Å². The number of allylic oxidation sites excluding steroid dienone is 2. The van der Waals surface area contributed by atoms with Crippen molar-refractivity contribution in [3.05, 3.63) is 59.7 Å². The van der Waals surface area contributed by atoms with Crippen LogP contribution in [0.3, 0.4) is 0 Å². The van der Waals surface area contributed by atoms with Gasteiger partial charge in [0.15, 0.2) is 0 Å². The maximum atomic E-state index is 10.5. The van der Waals surface area contributed by atoms with Crippen molar-refractivity contribution in [3.63, 3.8) is 0 Å². The second kappa shape index (κ2) is 5.40. The Hall–Kier alpha value is -2.54. The molecule has 0 aliphatic heterocycles. The third-order valence-electron chi connectivity index (χ3n) is 3.07. The van der Waals surface area contributed by atoms with E-state index in [9.17, 15) is 9.59 Å². The van der Waals surface area contributed by atoms with E-state index < -0.39 is 5.66 Å². The SMILES string of the molecule is CC1=CC(N=C=O)(N=C=O)C=CC1c1ccccc1. The summed E-state index contributed by atoms with van der Waals surface area (Å²) in [5, 5.41) is 0. The van der Waals surface area contributed by atoms with E-state index in [0.29, 0.717) is 0 Å². The summed E-state index contributed by atoms with van der Waals surface area (Å²) in [5.41, 5.74) is 0.816. The van der Waals surface area contributed by atoms with E-state index in [1.165, 1.54) is 12.2 Å². The fraction of sp³-hybridized carbons (Fsp3) is 0.200. The first kappa shape index (κ1) is 12.9. The highest BCUT2D eigenvalue weighted by Crippen LogP contribution is 2.34. The molecule has 0 radical (unpaired) electrons. The fourth-order valence-electron chi connectivity index (χ4n) is 2.21. The molecule has 94 valence electrons. The summed E-state index contributed by atoms with van der Waals surface area (Å²) < 4.78 is 0. The average Bonchev–Trinajstić information content (AvgIpc) is 2.40. The molecule has 1 aromatic rings. The van der Waals surface area contributed by atoms with Gasteiger partial charge in [0.05, 0.1) is 0 Å². The molecule has 2 rings (SSSR count). The van der Waals surface area contributed by atoms with Crippen LogP contribution in [0.2, 0.25) is 0 Å². The molecule has 1 unspecified atom stereocenters. The molecule has 1 atom stereocenters. The van der Waals surface area contributed by atoms with Crippen LogP contribution in [0.1, 0.15) is 18.4 Å². The molecular formula is C15H12N2O2. The van der Waals surface area contributed by atoms with Crippen LogP contribution in [0, 0.1) is 0 Å². The third-order valence-corrected chi connectivity index (χ3v) is 3.07. The average molecular weight is 252 g/mol. The first-order valence-corrected chi connectivity index (χ1v) is 5.82. The summed E-state index contributed by atoms with van der Waals surface area (Å²) in [6.07, 6.45) is 8.07. The lowest BCUT2D eigenvalue weighted by Gasteiger charge is -2.24. The molecule has 19 heavy (non-hydrogen) atoms. The van der Waals surface area contributed by atoms with Crippen molar-refractivity contribution in [2.45, 2.75) is 18.5 Å². The minimum atomic E-state index is -1.28. The molecule has 0 aromatic heterocycles. The minimum absolute atomic E-state index is 0.0954. The first-order chi connectivity index (χ1) is 9.21. The van der Waals surface area contributed by atoms with E-state index in [0.717, 1.165) is 11.1 Å². The summed E-state index contributed by atoms with van der Waals surface area (Å²) in [6.45, 7) is 1.91. The van der Waals surface area contributed by atoms with Crippen LogP contribution >= 0.6 is 0 Å². The van der Waals surface area contributed by atoms with E-state index in [2.05, 4.69) is 9.98 Å². The molecule has 1 aromatic carbocycles. The van der Waals surface area contributed by atoms with E-state index in [1.807, 2.05) is 43.3 Å². The van der Waals surface area contributed by atoms with Crippen LogP contribution in [0.25, 0.3) is 0 Å². The van der Waals surface area contributed by atoms with Gasteiger partial charge in [0, 0.05) is 5.92 Å². The largest absolute Gasteiger partial charge is 0.238 e. The van der Waals surface area contributed by atoms with Gasteiger partial charge >= 0.3 is 0 Å². The highest BCUT2D eigenvalue weighted by Gasteiger charge is 2.29. The molecule has 0 amide bonds. The zero-order valence-electron chi connectivity index (χ0n) is 10.4. The Bertz CT molecular complexity index is 601. The lowest BCUT2D eigenvalue weighted by atomic mass is 9.85. The van der Waals surface area contributed by atoms with Gasteiger partial charge < -0.3 is 0 Å². The molecule has 4 heteroatoms. The Labute approximate surface area is 110 Å². The molecule has 0 saturated carbocycles. The minimum Gasteiger partial charge on any atom is -0.211 e. The molecule has 4 nitrogen and oxygen atoms in total. The maximum Gasteiger partial charge on any atom is 0.238 e. The molecule has 0 saturated heterocycles. The number of hydrogen-bond acceptors (Lipinski definition) is 4. The van der Waals surface area contributed by atoms with Gasteiger partial charge in [-0.15, -0.1) is 0 Å². The highest BCUT2D eigenvalue weighted by molar-refractivity contribution is 5.48. The second-order valence-electron chi connectivity index (χ2n) is 4.33. The Morgan fingerprint density at radius 3 is 2.26 bits per heavy atom. The third kappa shape index (κ3) is 2.66. The van der Waals surface area contributed by atoms with Crippen LogP contribution in [0.15, 0.2) is 64.1 Å². The van der Waals surface area contributed by atoms with Crippen molar-refractivity contribution in [2.75, 3.05) is 0 Å². The highest BCUT2D eigenvalue weighted by atomic mass is 16.1. The molecule has 0 fully saturated rings. The summed E-state index contributed by atoms with van der Waals surface area (Å²) in [6, 6.07) is 9.92. The zero-order valence-corrected chi connectivity index (χ0v) is 10.4. The van der Waals surface area contributed by atoms with Crippen molar-refractivity contribution >= 4 is 12.2 Å². The summed E-state index contributed by atoms with van der Waals surface area (Å²) >= 11 is 0. The Balaban J connectivity index is 2.42. The van der Waals surface area contributed by atoms with Crippen LogP contribution < -0.4 is 0 Å². The number of nitrogens with zero attached hydrogens (tertiary/aromatic N) is 2. The Morgan fingerprint density at radius 1 is 1.11 bits per heavy atom. The first-order valence-electron chi connectivity index (χ1n) is 5.82. The molecule has 1 aliphatic rings. The predicted octanol–water partition coefficient (Wildman–Crippen LogP) is 2.65. The summed E-state index contributed by atoms with van der Waals surface area (Å²) in [4.78, 5) is 28.1. The monoisotopic (exact) mass is 252 g/mol. The van der Waals surface area contributed by atoms with Gasteiger partial charge in [0.1, 0.15) is 0 Å². The van der Waals surface area contributed by atoms with Crippen LogP contribution in [-0.2, 0) is 9.59 Å². The van der Waals surface area contributed by atoms with Gasteiger partial charge in [-0.2, -0.15) is 9.98 Å². The lowest BCUT2D eigenvalue weighted by Crippen LogP contribution is -2.22. The molecule has 0 heterocycles. The summed E-state index contributed by atoms with van der Waals surface area (Å²) in [5.74, 6) is 0.0954. The molecular weight excluding hydrogens is 240 g/mol. The second-order valence-corrected chi connectivity index (χ2v) is 4.33. The predicted molar refractivity (Wildman–Crippen MR) is 71.1 cm³/mol. The fourth-order valence-corrected chi connectivity index (χ4v) is 2.21. The van der Waals surface area contributed by atoms with Gasteiger partial charge in [0.25, 0.3) is 0 Å². The van der Waals surface area contributed by atoms with Crippen molar-refractivity contribution in [1.29, 1.82) is 0 Å². The summed E-state index contributed by atoms with van der Waals surface area (Å²) in [7, 11) is 0. The smallest absolute Gasteiger partial charge is 0.211 e. The molecule has 1 aliphatic carbocycles. The van der Waals surface area contributed by atoms with Gasteiger partial charge in [-0.05, 0) is 24.6 Å². The van der Waals surface area contributed by atoms with Crippen molar-refractivity contribution in [2.24, 2.45) is 9.98 Å². The number of carbonyl (C=O) groups excluding carboxylic acids is 2. The van der Waals surface area contributed by atoms with E-state index in [1.54, 1.807) is 12.2 Å². The van der Waals surface area contributed by atoms with Crippen LogP contribution in [0.5, 0.6) is 0 Å². The topological polar surface area (TPSA) is 58.9 Å². The van der Waals surface area contributed by atoms with Crippen LogP contribution in [-0.4, -0.2) is 17.8 Å².